The molecule has 0 amide bonds. The zero-order valence-electron chi connectivity index (χ0n) is 24.9. The van der Waals surface area contributed by atoms with Gasteiger partial charge in [-0.15, -0.1) is 0 Å². The molecule has 0 aliphatic heterocycles. The highest BCUT2D eigenvalue weighted by molar-refractivity contribution is 5.77. The molecule has 0 saturated heterocycles. The molecule has 0 unspecified atom stereocenters. The van der Waals surface area contributed by atoms with Gasteiger partial charge in [-0.05, 0) is 64.2 Å². The fraction of sp³-hybridized carbons (Fsp3) is 0.667. The first kappa shape index (κ1) is 34.9. The Hall–Kier alpha value is -3.14. The number of benzene rings is 1. The maximum absolute atomic E-state index is 12.6. The topological polar surface area (TPSA) is 140 Å². The predicted molar refractivity (Wildman–Crippen MR) is 150 cm³/mol. The van der Waals surface area contributed by atoms with Crippen LogP contribution in [0.1, 0.15) is 105 Å². The lowest BCUT2D eigenvalue weighted by Crippen LogP contribution is -2.37. The van der Waals surface area contributed by atoms with Gasteiger partial charge in [-0.2, -0.15) is 0 Å². The highest BCUT2D eigenvalue weighted by Gasteiger charge is 2.24. The average Bonchev–Trinajstić information content (AvgIpc) is 2.89. The molecule has 10 heteroatoms. The van der Waals surface area contributed by atoms with Crippen molar-refractivity contribution in [2.45, 2.75) is 123 Å². The maximum atomic E-state index is 12.6. The van der Waals surface area contributed by atoms with Crippen molar-refractivity contribution >= 4 is 24.1 Å². The monoisotopic (exact) mass is 565 g/mol. The van der Waals surface area contributed by atoms with Crippen LogP contribution >= 0.6 is 0 Å². The first-order chi connectivity index (χ1) is 18.9. The van der Waals surface area contributed by atoms with Gasteiger partial charge in [0, 0.05) is 12.8 Å². The summed E-state index contributed by atoms with van der Waals surface area (Å²) in [5.41, 5.74) is 6.00. The normalized spacial score (nSPS) is 12.7. The van der Waals surface area contributed by atoms with E-state index >= 15 is 0 Å². The van der Waals surface area contributed by atoms with Crippen molar-refractivity contribution < 1.29 is 42.9 Å². The third-order valence-electron chi connectivity index (χ3n) is 6.15. The van der Waals surface area contributed by atoms with E-state index in [1.807, 2.05) is 20.8 Å². The van der Waals surface area contributed by atoms with Crippen LogP contribution in [0.3, 0.4) is 0 Å². The Morgan fingerprint density at radius 3 is 2.00 bits per heavy atom. The van der Waals surface area contributed by atoms with Crippen LogP contribution in [0.4, 0.5) is 4.79 Å². The molecule has 0 saturated carbocycles. The summed E-state index contributed by atoms with van der Waals surface area (Å²) in [6.45, 7) is 10.9. The number of hydrogen-bond donors (Lipinski definition) is 1. The minimum absolute atomic E-state index is 0.0737. The number of hydrogen-bond acceptors (Lipinski definition) is 10. The smallest absolute Gasteiger partial charge is 0.458 e. The van der Waals surface area contributed by atoms with Gasteiger partial charge < -0.3 is 29.4 Å². The molecule has 1 aromatic rings. The Balaban J connectivity index is 2.81. The summed E-state index contributed by atoms with van der Waals surface area (Å²) in [5, 5.41) is 0. The van der Waals surface area contributed by atoms with Crippen molar-refractivity contribution in [1.29, 1.82) is 0 Å². The lowest BCUT2D eigenvalue weighted by molar-refractivity contribution is -0.152. The standard InChI is InChI=1S/C30H47NO9/c1-7-10-12-14-26(32)38-24-17-16-22(19-25(24)39-27(33)15-13-11-8-2)18-23(31)28(34)37-21(4)20-36-29(35)40-30(5,6)9-3/h16-17,19,21,23H,7-15,18,20,31H2,1-6H3/t21-,23-/m0/s1. The summed E-state index contributed by atoms with van der Waals surface area (Å²) < 4.78 is 26.5. The lowest BCUT2D eigenvalue weighted by atomic mass is 10.1. The highest BCUT2D eigenvalue weighted by Crippen LogP contribution is 2.30. The van der Waals surface area contributed by atoms with E-state index in [0.29, 0.717) is 24.8 Å². The molecule has 2 N–H and O–H groups in total. The predicted octanol–water partition coefficient (Wildman–Crippen LogP) is 5.80. The SMILES string of the molecule is CCCCCC(=O)Oc1ccc(C[C@H](N)C(=O)O[C@@H](C)COC(=O)OC(C)(C)CC)cc1OC(=O)CCCCC. The van der Waals surface area contributed by atoms with Crippen LogP contribution < -0.4 is 15.2 Å². The van der Waals surface area contributed by atoms with Crippen molar-refractivity contribution in [3.63, 3.8) is 0 Å². The summed E-state index contributed by atoms with van der Waals surface area (Å²) in [4.78, 5) is 49.1. The van der Waals surface area contributed by atoms with Crippen molar-refractivity contribution in [3.05, 3.63) is 23.8 Å². The van der Waals surface area contributed by atoms with Crippen LogP contribution in [-0.4, -0.2) is 48.4 Å². The molecule has 0 bridgehead atoms. The zero-order valence-corrected chi connectivity index (χ0v) is 24.9. The van der Waals surface area contributed by atoms with E-state index in [4.69, 9.17) is 29.4 Å². The lowest BCUT2D eigenvalue weighted by Gasteiger charge is -2.23. The largest absolute Gasteiger partial charge is 0.508 e. The zero-order chi connectivity index (χ0) is 30.1. The molecule has 2 atom stereocenters. The number of rotatable bonds is 18. The molecule has 0 aromatic heterocycles. The third kappa shape index (κ3) is 14.3. The minimum atomic E-state index is -1.04. The van der Waals surface area contributed by atoms with E-state index in [2.05, 4.69) is 0 Å². The summed E-state index contributed by atoms with van der Waals surface area (Å²) in [5.74, 6) is -1.31. The molecule has 0 aliphatic carbocycles. The van der Waals surface area contributed by atoms with Crippen molar-refractivity contribution in [2.75, 3.05) is 6.61 Å². The van der Waals surface area contributed by atoms with Crippen molar-refractivity contribution in [1.82, 2.24) is 0 Å². The highest BCUT2D eigenvalue weighted by atomic mass is 16.7. The molecule has 0 fully saturated rings. The van der Waals surface area contributed by atoms with Gasteiger partial charge in [0.05, 0.1) is 0 Å². The van der Waals surface area contributed by atoms with Gasteiger partial charge in [-0.1, -0.05) is 52.5 Å². The van der Waals surface area contributed by atoms with Gasteiger partial charge in [-0.25, -0.2) is 4.79 Å². The van der Waals surface area contributed by atoms with Gasteiger partial charge >= 0.3 is 24.1 Å². The molecule has 40 heavy (non-hydrogen) atoms. The molecule has 0 heterocycles. The molecule has 10 nitrogen and oxygen atoms in total. The minimum Gasteiger partial charge on any atom is -0.458 e. The summed E-state index contributed by atoms with van der Waals surface area (Å²) in [7, 11) is 0. The first-order valence-electron chi connectivity index (χ1n) is 14.3. The van der Waals surface area contributed by atoms with Crippen LogP contribution in [0.25, 0.3) is 0 Å². The van der Waals surface area contributed by atoms with E-state index < -0.39 is 41.8 Å². The van der Waals surface area contributed by atoms with Crippen LogP contribution in [-0.2, 0) is 35.0 Å². The molecular weight excluding hydrogens is 518 g/mol. The number of esters is 3. The summed E-state index contributed by atoms with van der Waals surface area (Å²) >= 11 is 0. The second-order valence-electron chi connectivity index (χ2n) is 10.5. The van der Waals surface area contributed by atoms with Gasteiger partial charge in [0.25, 0.3) is 0 Å². The molecule has 0 spiro atoms. The van der Waals surface area contributed by atoms with E-state index in [0.717, 1.165) is 25.7 Å². The molecule has 1 aromatic carbocycles. The van der Waals surface area contributed by atoms with Crippen molar-refractivity contribution in [2.24, 2.45) is 5.73 Å². The van der Waals surface area contributed by atoms with E-state index in [1.54, 1.807) is 26.8 Å². The summed E-state index contributed by atoms with van der Waals surface area (Å²) in [6.07, 6.45) is 4.72. The number of nitrogens with two attached hydrogens (primary N) is 1. The Kier molecular flexibility index (Phi) is 15.9. The first-order valence-corrected chi connectivity index (χ1v) is 14.3. The van der Waals surface area contributed by atoms with Gasteiger partial charge in [0.2, 0.25) is 0 Å². The third-order valence-corrected chi connectivity index (χ3v) is 6.15. The molecule has 226 valence electrons. The van der Waals surface area contributed by atoms with Crippen LogP contribution in [0, 0.1) is 0 Å². The van der Waals surface area contributed by atoms with Gasteiger partial charge in [-0.3, -0.25) is 14.4 Å². The second-order valence-corrected chi connectivity index (χ2v) is 10.5. The maximum Gasteiger partial charge on any atom is 0.508 e. The van der Waals surface area contributed by atoms with E-state index in [-0.39, 0.29) is 37.4 Å². The average molecular weight is 566 g/mol. The molecule has 0 radical (unpaired) electrons. The number of ether oxygens (including phenoxy) is 5. The summed E-state index contributed by atoms with van der Waals surface area (Å²) in [6, 6.07) is 3.68. The quantitative estimate of drug-likeness (QED) is 0.132. The van der Waals surface area contributed by atoms with Gasteiger partial charge in [0.15, 0.2) is 11.5 Å². The molecular formula is C30H47NO9. The van der Waals surface area contributed by atoms with Crippen LogP contribution in [0.2, 0.25) is 0 Å². The Bertz CT molecular complexity index is 960. The Labute approximate surface area is 238 Å². The van der Waals surface area contributed by atoms with Crippen LogP contribution in [0.15, 0.2) is 18.2 Å². The number of carbonyl (C=O) groups excluding carboxylic acids is 4. The van der Waals surface area contributed by atoms with Crippen LogP contribution in [0.5, 0.6) is 11.5 Å². The van der Waals surface area contributed by atoms with Crippen molar-refractivity contribution in [3.8, 4) is 11.5 Å². The molecule has 1 rings (SSSR count). The number of unbranched alkanes of at least 4 members (excludes halogenated alkanes) is 4. The van der Waals surface area contributed by atoms with E-state index in [9.17, 15) is 19.2 Å². The fourth-order valence-corrected chi connectivity index (χ4v) is 3.40. The Morgan fingerprint density at radius 1 is 0.875 bits per heavy atom. The Morgan fingerprint density at radius 2 is 1.45 bits per heavy atom. The second kappa shape index (κ2) is 18.3. The number of carbonyl (C=O) groups is 4. The van der Waals surface area contributed by atoms with Gasteiger partial charge in [0.1, 0.15) is 24.4 Å². The molecule has 0 aliphatic rings. The van der Waals surface area contributed by atoms with E-state index in [1.165, 1.54) is 12.1 Å². The fourth-order valence-electron chi connectivity index (χ4n) is 3.40.